The summed E-state index contributed by atoms with van der Waals surface area (Å²) in [5.41, 5.74) is 1.04. The number of hydrogen-bond donors (Lipinski definition) is 0. The number of benzene rings is 1. The summed E-state index contributed by atoms with van der Waals surface area (Å²) in [6.07, 6.45) is 4.12. The zero-order chi connectivity index (χ0) is 11.4. The lowest BCUT2D eigenvalue weighted by molar-refractivity contribution is -0.125. The van der Waals surface area contributed by atoms with Crippen molar-refractivity contribution in [1.82, 2.24) is 4.90 Å². The Bertz CT molecular complexity index is 394. The lowest BCUT2D eigenvalue weighted by Crippen LogP contribution is -2.27. The van der Waals surface area contributed by atoms with Crippen LogP contribution >= 0.6 is 15.9 Å². The number of rotatable bonds is 2. The van der Waals surface area contributed by atoms with Gasteiger partial charge in [-0.05, 0) is 40.4 Å². The molecule has 1 aromatic carbocycles. The Morgan fingerprint density at radius 1 is 1.19 bits per heavy atom. The van der Waals surface area contributed by atoms with Crippen LogP contribution in [0.15, 0.2) is 34.8 Å². The molecule has 16 heavy (non-hydrogen) atoms. The number of nitrogens with zero attached hydrogens (tertiary/aromatic N) is 1. The molecule has 0 aromatic heterocycles. The molecule has 2 nitrogen and oxygen atoms in total. The molecule has 0 aliphatic carbocycles. The van der Waals surface area contributed by atoms with E-state index in [-0.39, 0.29) is 5.91 Å². The van der Waals surface area contributed by atoms with Crippen LogP contribution in [0, 0.1) is 0 Å². The largest absolute Gasteiger partial charge is 0.338 e. The Kier molecular flexibility index (Phi) is 3.78. The van der Waals surface area contributed by atoms with Crippen molar-refractivity contribution in [1.29, 1.82) is 0 Å². The molecule has 2 rings (SSSR count). The third-order valence-corrected chi connectivity index (χ3v) is 3.26. The van der Waals surface area contributed by atoms with Gasteiger partial charge in [-0.25, -0.2) is 0 Å². The summed E-state index contributed by atoms with van der Waals surface area (Å²) in [5.74, 6) is 0.0985. The molecule has 0 atom stereocenters. The van der Waals surface area contributed by atoms with E-state index in [1.165, 1.54) is 0 Å². The quantitative estimate of drug-likeness (QED) is 0.762. The summed E-state index contributed by atoms with van der Waals surface area (Å²) in [5, 5.41) is 0. The number of carbonyl (C=O) groups excluding carboxylic acids is 1. The number of carbonyl (C=O) groups is 1. The molecule has 1 saturated heterocycles. The molecular formula is C13H14BrNO. The summed E-state index contributed by atoms with van der Waals surface area (Å²) in [6.45, 7) is 1.77. The molecule has 1 fully saturated rings. The van der Waals surface area contributed by atoms with Crippen LogP contribution in [0.5, 0.6) is 0 Å². The minimum Gasteiger partial charge on any atom is -0.338 e. The first kappa shape index (κ1) is 11.4. The van der Waals surface area contributed by atoms with E-state index < -0.39 is 0 Å². The normalized spacial score (nSPS) is 16.6. The highest BCUT2D eigenvalue weighted by Gasteiger charge is 2.19. The lowest BCUT2D eigenvalue weighted by Gasteiger charge is -2.14. The molecule has 0 N–H and O–H groups in total. The Labute approximate surface area is 104 Å². The second-order valence-electron chi connectivity index (χ2n) is 3.90. The van der Waals surface area contributed by atoms with E-state index in [2.05, 4.69) is 15.9 Å². The van der Waals surface area contributed by atoms with Crippen LogP contribution in [0.3, 0.4) is 0 Å². The summed E-state index contributed by atoms with van der Waals surface area (Å²) >= 11 is 3.36. The van der Waals surface area contributed by atoms with Gasteiger partial charge in [0.1, 0.15) is 0 Å². The maximum atomic E-state index is 12.0. The molecule has 0 unspecified atom stereocenters. The van der Waals surface area contributed by atoms with Crippen molar-refractivity contribution in [3.05, 3.63) is 40.4 Å². The van der Waals surface area contributed by atoms with Crippen molar-refractivity contribution < 1.29 is 4.79 Å². The zero-order valence-electron chi connectivity index (χ0n) is 9.03. The van der Waals surface area contributed by atoms with Crippen molar-refractivity contribution in [3.63, 3.8) is 0 Å². The summed E-state index contributed by atoms with van der Waals surface area (Å²) in [4.78, 5) is 13.9. The average Bonchev–Trinajstić information content (AvgIpc) is 2.83. The fraction of sp³-hybridized carbons (Fsp3) is 0.308. The monoisotopic (exact) mass is 279 g/mol. The molecule has 0 bridgehead atoms. The van der Waals surface area contributed by atoms with E-state index in [1.54, 1.807) is 0 Å². The van der Waals surface area contributed by atoms with Crippen LogP contribution in [-0.4, -0.2) is 23.9 Å². The van der Waals surface area contributed by atoms with Gasteiger partial charge in [0.2, 0.25) is 0 Å². The topological polar surface area (TPSA) is 20.3 Å². The predicted molar refractivity (Wildman–Crippen MR) is 69.2 cm³/mol. The van der Waals surface area contributed by atoms with Gasteiger partial charge in [0.15, 0.2) is 0 Å². The lowest BCUT2D eigenvalue weighted by atomic mass is 10.2. The summed E-state index contributed by atoms with van der Waals surface area (Å²) in [7, 11) is 0. The summed E-state index contributed by atoms with van der Waals surface area (Å²) in [6, 6.07) is 9.86. The standard InChI is InChI=1S/C13H14BrNO/c14-12(10-11-6-2-1-3-7-11)13(16)15-8-4-5-9-15/h1-3,6-7,10H,4-5,8-9H2/b12-10-. The van der Waals surface area contributed by atoms with Gasteiger partial charge in [-0.3, -0.25) is 4.79 Å². The van der Waals surface area contributed by atoms with Crippen molar-refractivity contribution in [2.75, 3.05) is 13.1 Å². The molecule has 0 radical (unpaired) electrons. The molecule has 3 heteroatoms. The minimum absolute atomic E-state index is 0.0985. The smallest absolute Gasteiger partial charge is 0.260 e. The van der Waals surface area contributed by atoms with Gasteiger partial charge < -0.3 is 4.90 Å². The highest BCUT2D eigenvalue weighted by Crippen LogP contribution is 2.18. The number of likely N-dealkylation sites (tertiary alicyclic amines) is 1. The van der Waals surface area contributed by atoms with E-state index >= 15 is 0 Å². The van der Waals surface area contributed by atoms with Gasteiger partial charge in [0.05, 0.1) is 4.48 Å². The predicted octanol–water partition coefficient (Wildman–Crippen LogP) is 3.04. The zero-order valence-corrected chi connectivity index (χ0v) is 10.6. The first-order chi connectivity index (χ1) is 7.77. The van der Waals surface area contributed by atoms with Gasteiger partial charge in [0.25, 0.3) is 5.91 Å². The van der Waals surface area contributed by atoms with Crippen molar-refractivity contribution in [3.8, 4) is 0 Å². The molecule has 1 heterocycles. The van der Waals surface area contributed by atoms with Crippen LogP contribution < -0.4 is 0 Å². The van der Waals surface area contributed by atoms with Crippen molar-refractivity contribution in [2.45, 2.75) is 12.8 Å². The Morgan fingerprint density at radius 2 is 1.81 bits per heavy atom. The van der Waals surface area contributed by atoms with Crippen LogP contribution in [0.2, 0.25) is 0 Å². The Balaban J connectivity index is 2.09. The third kappa shape index (κ3) is 2.73. The molecule has 1 aliphatic rings. The highest BCUT2D eigenvalue weighted by atomic mass is 79.9. The van der Waals surface area contributed by atoms with Gasteiger partial charge >= 0.3 is 0 Å². The van der Waals surface area contributed by atoms with Gasteiger partial charge in [-0.2, -0.15) is 0 Å². The SMILES string of the molecule is O=C(/C(Br)=C/c1ccccc1)N1CCCC1. The minimum atomic E-state index is 0.0985. The van der Waals surface area contributed by atoms with Crippen molar-refractivity contribution in [2.24, 2.45) is 0 Å². The second kappa shape index (κ2) is 5.30. The Morgan fingerprint density at radius 3 is 2.44 bits per heavy atom. The molecular weight excluding hydrogens is 266 g/mol. The van der Waals surface area contributed by atoms with Gasteiger partial charge in [-0.1, -0.05) is 30.3 Å². The van der Waals surface area contributed by atoms with Crippen LogP contribution in [0.4, 0.5) is 0 Å². The van der Waals surface area contributed by atoms with E-state index in [0.717, 1.165) is 31.5 Å². The summed E-state index contributed by atoms with van der Waals surface area (Å²) < 4.78 is 0.639. The molecule has 0 saturated carbocycles. The fourth-order valence-electron chi connectivity index (χ4n) is 1.83. The highest BCUT2D eigenvalue weighted by molar-refractivity contribution is 9.12. The van der Waals surface area contributed by atoms with E-state index in [0.29, 0.717) is 4.48 Å². The first-order valence-electron chi connectivity index (χ1n) is 5.49. The average molecular weight is 280 g/mol. The van der Waals surface area contributed by atoms with E-state index in [1.807, 2.05) is 41.3 Å². The molecule has 0 spiro atoms. The molecule has 1 aliphatic heterocycles. The van der Waals surface area contributed by atoms with E-state index in [4.69, 9.17) is 0 Å². The molecule has 1 aromatic rings. The third-order valence-electron chi connectivity index (χ3n) is 2.69. The maximum absolute atomic E-state index is 12.0. The molecule has 84 valence electrons. The fourth-order valence-corrected chi connectivity index (χ4v) is 2.34. The van der Waals surface area contributed by atoms with Crippen LogP contribution in [0.25, 0.3) is 6.08 Å². The molecule has 1 amide bonds. The number of amides is 1. The Hall–Kier alpha value is -1.09. The van der Waals surface area contributed by atoms with Gasteiger partial charge in [-0.15, -0.1) is 0 Å². The number of halogens is 1. The first-order valence-corrected chi connectivity index (χ1v) is 6.28. The second-order valence-corrected chi connectivity index (χ2v) is 4.76. The van der Waals surface area contributed by atoms with Crippen LogP contribution in [-0.2, 0) is 4.79 Å². The van der Waals surface area contributed by atoms with Crippen molar-refractivity contribution >= 4 is 27.9 Å². The number of hydrogen-bond acceptors (Lipinski definition) is 1. The maximum Gasteiger partial charge on any atom is 0.260 e. The van der Waals surface area contributed by atoms with E-state index in [9.17, 15) is 4.79 Å². The van der Waals surface area contributed by atoms with Crippen LogP contribution in [0.1, 0.15) is 18.4 Å². The van der Waals surface area contributed by atoms with Gasteiger partial charge in [0, 0.05) is 13.1 Å².